The van der Waals surface area contributed by atoms with E-state index in [4.69, 9.17) is 5.11 Å². The van der Waals surface area contributed by atoms with E-state index < -0.39 is 10.8 Å². The standard InChI is InChI=1S/C13H19NO2S/c1-11-8-12(2-3-13(11)10-15)9-14-4-6-17(16)7-5-14/h2-3,8,15H,4-7,9-10H2,1H3. The summed E-state index contributed by atoms with van der Waals surface area (Å²) in [4.78, 5) is 2.34. The van der Waals surface area contributed by atoms with Crippen molar-refractivity contribution in [3.8, 4) is 0 Å². The van der Waals surface area contributed by atoms with E-state index in [2.05, 4.69) is 17.0 Å². The molecule has 0 aliphatic carbocycles. The van der Waals surface area contributed by atoms with Crippen molar-refractivity contribution in [2.75, 3.05) is 24.6 Å². The number of hydrogen-bond acceptors (Lipinski definition) is 3. The molecular weight excluding hydrogens is 234 g/mol. The molecule has 0 aromatic heterocycles. The van der Waals surface area contributed by atoms with Gasteiger partial charge in [0.2, 0.25) is 0 Å². The number of hydrogen-bond donors (Lipinski definition) is 1. The van der Waals surface area contributed by atoms with E-state index in [0.29, 0.717) is 0 Å². The Bertz CT molecular complexity index is 410. The van der Waals surface area contributed by atoms with Crippen LogP contribution in [0.2, 0.25) is 0 Å². The minimum absolute atomic E-state index is 0.106. The Kier molecular flexibility index (Phi) is 4.31. The highest BCUT2D eigenvalue weighted by Crippen LogP contribution is 2.14. The van der Waals surface area contributed by atoms with Crippen LogP contribution in [0.1, 0.15) is 16.7 Å². The summed E-state index contributed by atoms with van der Waals surface area (Å²) in [5.41, 5.74) is 3.41. The van der Waals surface area contributed by atoms with Gasteiger partial charge in [0.25, 0.3) is 0 Å². The summed E-state index contributed by atoms with van der Waals surface area (Å²) in [6, 6.07) is 6.20. The predicted octanol–water partition coefficient (Wildman–Crippen LogP) is 1.05. The van der Waals surface area contributed by atoms with Crippen molar-refractivity contribution in [1.82, 2.24) is 4.90 Å². The third-order valence-electron chi connectivity index (χ3n) is 3.25. The highest BCUT2D eigenvalue weighted by atomic mass is 32.2. The van der Waals surface area contributed by atoms with Crippen LogP contribution in [0.15, 0.2) is 18.2 Å². The first-order chi connectivity index (χ1) is 8.19. The van der Waals surface area contributed by atoms with E-state index in [1.165, 1.54) is 5.56 Å². The maximum Gasteiger partial charge on any atom is 0.0684 e. The summed E-state index contributed by atoms with van der Waals surface area (Å²) in [5, 5.41) is 9.12. The van der Waals surface area contributed by atoms with Gasteiger partial charge in [0.05, 0.1) is 6.61 Å². The number of benzene rings is 1. The van der Waals surface area contributed by atoms with E-state index in [1.54, 1.807) is 0 Å². The molecule has 1 aliphatic rings. The Balaban J connectivity index is 1.99. The first kappa shape index (κ1) is 12.7. The second-order valence-electron chi connectivity index (χ2n) is 4.54. The van der Waals surface area contributed by atoms with Gasteiger partial charge in [-0.3, -0.25) is 9.11 Å². The molecule has 1 heterocycles. The van der Waals surface area contributed by atoms with E-state index >= 15 is 0 Å². The SMILES string of the molecule is Cc1cc(CN2CCS(=O)CC2)ccc1CO. The quantitative estimate of drug-likeness (QED) is 0.875. The molecule has 0 bridgehead atoms. The summed E-state index contributed by atoms with van der Waals surface area (Å²) in [7, 11) is -0.603. The first-order valence-electron chi connectivity index (χ1n) is 5.95. The van der Waals surface area contributed by atoms with Gasteiger partial charge in [-0.25, -0.2) is 0 Å². The summed E-state index contributed by atoms with van der Waals surface area (Å²) >= 11 is 0. The van der Waals surface area contributed by atoms with E-state index in [0.717, 1.165) is 42.3 Å². The molecule has 0 spiro atoms. The zero-order valence-electron chi connectivity index (χ0n) is 10.2. The summed E-state index contributed by atoms with van der Waals surface area (Å²) in [5.74, 6) is 1.60. The minimum atomic E-state index is -0.603. The molecule has 0 atom stereocenters. The van der Waals surface area contributed by atoms with Gasteiger partial charge in [-0.05, 0) is 23.6 Å². The molecule has 4 heteroatoms. The number of rotatable bonds is 3. The lowest BCUT2D eigenvalue weighted by Gasteiger charge is -2.26. The van der Waals surface area contributed by atoms with Crippen LogP contribution < -0.4 is 0 Å². The number of aliphatic hydroxyl groups excluding tert-OH is 1. The monoisotopic (exact) mass is 253 g/mol. The third-order valence-corrected chi connectivity index (χ3v) is 4.53. The van der Waals surface area contributed by atoms with Crippen LogP contribution in [0.5, 0.6) is 0 Å². The molecule has 2 rings (SSSR count). The largest absolute Gasteiger partial charge is 0.392 e. The third kappa shape index (κ3) is 3.37. The van der Waals surface area contributed by atoms with Crippen LogP contribution in [-0.2, 0) is 24.0 Å². The van der Waals surface area contributed by atoms with Crippen molar-refractivity contribution in [2.24, 2.45) is 0 Å². The van der Waals surface area contributed by atoms with Gasteiger partial charge in [-0.1, -0.05) is 18.2 Å². The molecule has 0 amide bonds. The maximum atomic E-state index is 11.3. The lowest BCUT2D eigenvalue weighted by atomic mass is 10.1. The Morgan fingerprint density at radius 3 is 2.65 bits per heavy atom. The average molecular weight is 253 g/mol. The van der Waals surface area contributed by atoms with Gasteiger partial charge in [0, 0.05) is 41.9 Å². The summed E-state index contributed by atoms with van der Waals surface area (Å²) in [6.07, 6.45) is 0. The minimum Gasteiger partial charge on any atom is -0.392 e. The van der Waals surface area contributed by atoms with E-state index in [9.17, 15) is 4.21 Å². The fourth-order valence-corrected chi connectivity index (χ4v) is 3.25. The molecule has 0 radical (unpaired) electrons. The highest BCUT2D eigenvalue weighted by Gasteiger charge is 2.15. The second-order valence-corrected chi connectivity index (χ2v) is 6.24. The molecule has 94 valence electrons. The Morgan fingerprint density at radius 2 is 2.06 bits per heavy atom. The van der Waals surface area contributed by atoms with E-state index in [1.807, 2.05) is 13.0 Å². The fourth-order valence-electron chi connectivity index (χ4n) is 2.13. The molecule has 1 saturated heterocycles. The van der Waals surface area contributed by atoms with Crippen molar-refractivity contribution in [3.05, 3.63) is 34.9 Å². The zero-order valence-corrected chi connectivity index (χ0v) is 11.0. The Hall–Kier alpha value is -0.710. The fraction of sp³-hybridized carbons (Fsp3) is 0.538. The topological polar surface area (TPSA) is 40.5 Å². The summed E-state index contributed by atoms with van der Waals surface area (Å²) < 4.78 is 11.3. The molecule has 0 saturated carbocycles. The molecule has 1 aromatic carbocycles. The van der Waals surface area contributed by atoms with Crippen LogP contribution in [0, 0.1) is 6.92 Å². The number of aliphatic hydroxyl groups is 1. The van der Waals surface area contributed by atoms with Crippen molar-refractivity contribution >= 4 is 10.8 Å². The van der Waals surface area contributed by atoms with Gasteiger partial charge in [0.15, 0.2) is 0 Å². The van der Waals surface area contributed by atoms with Crippen molar-refractivity contribution in [3.63, 3.8) is 0 Å². The average Bonchev–Trinajstić information content (AvgIpc) is 2.32. The van der Waals surface area contributed by atoms with Gasteiger partial charge in [0.1, 0.15) is 0 Å². The van der Waals surface area contributed by atoms with Crippen LogP contribution in [-0.4, -0.2) is 38.8 Å². The zero-order chi connectivity index (χ0) is 12.3. The van der Waals surface area contributed by atoms with Crippen molar-refractivity contribution < 1.29 is 9.32 Å². The van der Waals surface area contributed by atoms with Gasteiger partial charge < -0.3 is 5.11 Å². The summed E-state index contributed by atoms with van der Waals surface area (Å²) in [6.45, 7) is 4.90. The normalized spacial score (nSPS) is 18.5. The first-order valence-corrected chi connectivity index (χ1v) is 7.44. The molecule has 17 heavy (non-hydrogen) atoms. The number of aryl methyl sites for hydroxylation is 1. The Morgan fingerprint density at radius 1 is 1.35 bits per heavy atom. The molecule has 1 aliphatic heterocycles. The van der Waals surface area contributed by atoms with Crippen LogP contribution in [0.25, 0.3) is 0 Å². The Labute approximate surface area is 105 Å². The smallest absolute Gasteiger partial charge is 0.0684 e. The molecule has 0 unspecified atom stereocenters. The van der Waals surface area contributed by atoms with Crippen molar-refractivity contribution in [1.29, 1.82) is 0 Å². The lowest BCUT2D eigenvalue weighted by molar-refractivity contribution is 0.280. The molecular formula is C13H19NO2S. The lowest BCUT2D eigenvalue weighted by Crippen LogP contribution is -2.37. The van der Waals surface area contributed by atoms with Gasteiger partial charge in [-0.2, -0.15) is 0 Å². The van der Waals surface area contributed by atoms with Gasteiger partial charge in [-0.15, -0.1) is 0 Å². The van der Waals surface area contributed by atoms with E-state index in [-0.39, 0.29) is 6.61 Å². The molecule has 1 fully saturated rings. The van der Waals surface area contributed by atoms with Crippen LogP contribution >= 0.6 is 0 Å². The molecule has 3 nitrogen and oxygen atoms in total. The van der Waals surface area contributed by atoms with Crippen LogP contribution in [0.3, 0.4) is 0 Å². The molecule has 1 aromatic rings. The second kappa shape index (κ2) is 5.76. The van der Waals surface area contributed by atoms with Crippen molar-refractivity contribution in [2.45, 2.75) is 20.1 Å². The highest BCUT2D eigenvalue weighted by molar-refractivity contribution is 7.85. The van der Waals surface area contributed by atoms with Gasteiger partial charge >= 0.3 is 0 Å². The maximum absolute atomic E-state index is 11.3. The predicted molar refractivity (Wildman–Crippen MR) is 70.3 cm³/mol. The number of nitrogens with zero attached hydrogens (tertiary/aromatic N) is 1. The molecule has 1 N–H and O–H groups in total. The van der Waals surface area contributed by atoms with Crippen LogP contribution in [0.4, 0.5) is 0 Å².